The van der Waals surface area contributed by atoms with Crippen molar-refractivity contribution in [3.05, 3.63) is 40.8 Å². The van der Waals surface area contributed by atoms with Crippen molar-refractivity contribution in [2.24, 2.45) is 0 Å². The number of halogens is 2. The lowest BCUT2D eigenvalue weighted by atomic mass is 10.3. The molecule has 6 heteroatoms. The van der Waals surface area contributed by atoms with Crippen LogP contribution in [0.3, 0.4) is 0 Å². The van der Waals surface area contributed by atoms with Gasteiger partial charge in [-0.3, -0.25) is 0 Å². The van der Waals surface area contributed by atoms with E-state index in [0.29, 0.717) is 24.5 Å². The molecule has 17 heavy (non-hydrogen) atoms. The first-order valence-electron chi connectivity index (χ1n) is 4.94. The maximum Gasteiger partial charge on any atom is 0.222 e. The third-order valence-corrected chi connectivity index (χ3v) is 2.38. The molecule has 90 valence electrons. The highest BCUT2D eigenvalue weighted by molar-refractivity contribution is 6.32. The third-order valence-electron chi connectivity index (χ3n) is 2.09. The van der Waals surface area contributed by atoms with Crippen LogP contribution in [-0.2, 0) is 6.42 Å². The summed E-state index contributed by atoms with van der Waals surface area (Å²) in [6.45, 7) is 0.358. The number of anilines is 1. The standard InChI is InChI=1S/C11H10ClFN2O2/c12-9-5-7(13)1-2-10(9)16-4-3-8-6-11(14)17-15-8/h1-2,5-6H,3-4,14H2. The van der Waals surface area contributed by atoms with Gasteiger partial charge in [-0.25, -0.2) is 4.39 Å². The van der Waals surface area contributed by atoms with E-state index in [1.807, 2.05) is 0 Å². The van der Waals surface area contributed by atoms with Crippen LogP contribution >= 0.6 is 11.6 Å². The predicted octanol–water partition coefficient (Wildman–Crippen LogP) is 2.67. The smallest absolute Gasteiger partial charge is 0.222 e. The summed E-state index contributed by atoms with van der Waals surface area (Å²) in [6, 6.07) is 5.59. The Labute approximate surface area is 102 Å². The van der Waals surface area contributed by atoms with Gasteiger partial charge in [-0.15, -0.1) is 0 Å². The van der Waals surface area contributed by atoms with E-state index in [1.165, 1.54) is 18.2 Å². The highest BCUT2D eigenvalue weighted by Gasteiger charge is 2.05. The lowest BCUT2D eigenvalue weighted by Gasteiger charge is -2.06. The van der Waals surface area contributed by atoms with Crippen LogP contribution in [-0.4, -0.2) is 11.8 Å². The van der Waals surface area contributed by atoms with Gasteiger partial charge in [0.1, 0.15) is 11.6 Å². The van der Waals surface area contributed by atoms with E-state index in [0.717, 1.165) is 0 Å². The van der Waals surface area contributed by atoms with Gasteiger partial charge in [-0.2, -0.15) is 0 Å². The quantitative estimate of drug-likeness (QED) is 0.914. The summed E-state index contributed by atoms with van der Waals surface area (Å²) in [7, 11) is 0. The van der Waals surface area contributed by atoms with Crippen LogP contribution in [0.2, 0.25) is 5.02 Å². The Morgan fingerprint density at radius 1 is 1.41 bits per heavy atom. The summed E-state index contributed by atoms with van der Waals surface area (Å²) in [6.07, 6.45) is 0.536. The van der Waals surface area contributed by atoms with Crippen molar-refractivity contribution in [3.8, 4) is 5.75 Å². The Balaban J connectivity index is 1.90. The normalized spacial score (nSPS) is 10.5. The van der Waals surface area contributed by atoms with Crippen molar-refractivity contribution in [2.45, 2.75) is 6.42 Å². The van der Waals surface area contributed by atoms with Crippen LogP contribution in [0.15, 0.2) is 28.8 Å². The van der Waals surface area contributed by atoms with Crippen LogP contribution in [0.4, 0.5) is 10.3 Å². The molecule has 0 aliphatic heterocycles. The SMILES string of the molecule is Nc1cc(CCOc2ccc(F)cc2Cl)no1. The third kappa shape index (κ3) is 3.10. The van der Waals surface area contributed by atoms with E-state index >= 15 is 0 Å². The zero-order valence-electron chi connectivity index (χ0n) is 8.82. The monoisotopic (exact) mass is 256 g/mol. The van der Waals surface area contributed by atoms with Crippen molar-refractivity contribution in [1.82, 2.24) is 5.16 Å². The zero-order valence-corrected chi connectivity index (χ0v) is 9.58. The molecule has 4 nitrogen and oxygen atoms in total. The molecule has 2 aromatic rings. The Morgan fingerprint density at radius 2 is 2.24 bits per heavy atom. The Morgan fingerprint density at radius 3 is 2.88 bits per heavy atom. The Bertz CT molecular complexity index is 516. The zero-order chi connectivity index (χ0) is 12.3. The molecule has 1 aromatic carbocycles. The second kappa shape index (κ2) is 5.05. The molecule has 0 spiro atoms. The number of rotatable bonds is 4. The van der Waals surface area contributed by atoms with E-state index in [2.05, 4.69) is 5.16 Å². The molecule has 0 bridgehead atoms. The fraction of sp³-hybridized carbons (Fsp3) is 0.182. The summed E-state index contributed by atoms with van der Waals surface area (Å²) < 4.78 is 22.8. The van der Waals surface area contributed by atoms with Crippen molar-refractivity contribution in [1.29, 1.82) is 0 Å². The summed E-state index contributed by atoms with van der Waals surface area (Å²) >= 11 is 5.80. The maximum atomic E-state index is 12.8. The lowest BCUT2D eigenvalue weighted by molar-refractivity contribution is 0.316. The molecule has 0 aliphatic rings. The van der Waals surface area contributed by atoms with Gasteiger partial charge in [0.2, 0.25) is 5.88 Å². The number of hydrogen-bond donors (Lipinski definition) is 1. The van der Waals surface area contributed by atoms with Crippen LogP contribution < -0.4 is 10.5 Å². The second-order valence-corrected chi connectivity index (χ2v) is 3.80. The first-order valence-corrected chi connectivity index (χ1v) is 5.32. The molecular weight excluding hydrogens is 247 g/mol. The van der Waals surface area contributed by atoms with Gasteiger partial charge in [-0.1, -0.05) is 16.8 Å². The minimum Gasteiger partial charge on any atom is -0.492 e. The molecule has 0 saturated heterocycles. The van der Waals surface area contributed by atoms with Gasteiger partial charge in [0.15, 0.2) is 0 Å². The molecule has 0 fully saturated rings. The fourth-order valence-electron chi connectivity index (χ4n) is 1.30. The molecule has 1 aromatic heterocycles. The molecule has 0 amide bonds. The highest BCUT2D eigenvalue weighted by atomic mass is 35.5. The van der Waals surface area contributed by atoms with Gasteiger partial charge in [-0.05, 0) is 18.2 Å². The van der Waals surface area contributed by atoms with Crippen molar-refractivity contribution in [3.63, 3.8) is 0 Å². The molecule has 2 N–H and O–H groups in total. The number of hydrogen-bond acceptors (Lipinski definition) is 4. The van der Waals surface area contributed by atoms with Gasteiger partial charge in [0.05, 0.1) is 17.3 Å². The van der Waals surface area contributed by atoms with Crippen LogP contribution in [0, 0.1) is 5.82 Å². The number of nitrogens with two attached hydrogens (primary N) is 1. The van der Waals surface area contributed by atoms with Crippen LogP contribution in [0.25, 0.3) is 0 Å². The maximum absolute atomic E-state index is 12.8. The molecule has 0 atom stereocenters. The molecular formula is C11H10ClFN2O2. The van der Waals surface area contributed by atoms with Gasteiger partial charge < -0.3 is 15.0 Å². The fourth-order valence-corrected chi connectivity index (χ4v) is 1.53. The number of ether oxygens (including phenoxy) is 1. The van der Waals surface area contributed by atoms with Crippen LogP contribution in [0.1, 0.15) is 5.69 Å². The van der Waals surface area contributed by atoms with E-state index in [4.69, 9.17) is 26.6 Å². The van der Waals surface area contributed by atoms with Crippen molar-refractivity contribution in [2.75, 3.05) is 12.3 Å². The van der Waals surface area contributed by atoms with Crippen molar-refractivity contribution < 1.29 is 13.7 Å². The Kier molecular flexibility index (Phi) is 3.49. The van der Waals surface area contributed by atoms with E-state index in [1.54, 1.807) is 6.07 Å². The minimum absolute atomic E-state index is 0.240. The van der Waals surface area contributed by atoms with E-state index in [9.17, 15) is 4.39 Å². The first kappa shape index (κ1) is 11.7. The Hall–Kier alpha value is -1.75. The van der Waals surface area contributed by atoms with E-state index < -0.39 is 5.82 Å². The number of nitrogens with zero attached hydrogens (tertiary/aromatic N) is 1. The summed E-state index contributed by atoms with van der Waals surface area (Å²) in [4.78, 5) is 0. The van der Waals surface area contributed by atoms with Gasteiger partial charge in [0, 0.05) is 12.5 Å². The average Bonchev–Trinajstić information content (AvgIpc) is 2.68. The summed E-state index contributed by atoms with van der Waals surface area (Å²) in [5.74, 6) is 0.302. The number of nitrogen functional groups attached to an aromatic ring is 1. The lowest BCUT2D eigenvalue weighted by Crippen LogP contribution is -2.02. The summed E-state index contributed by atoms with van der Waals surface area (Å²) in [5.41, 5.74) is 6.06. The van der Waals surface area contributed by atoms with E-state index in [-0.39, 0.29) is 10.9 Å². The van der Waals surface area contributed by atoms with Gasteiger partial charge >= 0.3 is 0 Å². The topological polar surface area (TPSA) is 61.3 Å². The van der Waals surface area contributed by atoms with Crippen molar-refractivity contribution >= 4 is 17.5 Å². The minimum atomic E-state index is -0.397. The second-order valence-electron chi connectivity index (χ2n) is 3.39. The predicted molar refractivity (Wildman–Crippen MR) is 61.5 cm³/mol. The number of aromatic nitrogens is 1. The molecule has 0 aliphatic carbocycles. The molecule has 0 saturated carbocycles. The molecule has 0 radical (unpaired) electrons. The number of benzene rings is 1. The average molecular weight is 257 g/mol. The largest absolute Gasteiger partial charge is 0.492 e. The van der Waals surface area contributed by atoms with Gasteiger partial charge in [0.25, 0.3) is 0 Å². The molecule has 0 unspecified atom stereocenters. The molecule has 2 rings (SSSR count). The van der Waals surface area contributed by atoms with Crippen LogP contribution in [0.5, 0.6) is 5.75 Å². The molecule has 1 heterocycles. The highest BCUT2D eigenvalue weighted by Crippen LogP contribution is 2.24. The summed E-state index contributed by atoms with van der Waals surface area (Å²) in [5, 5.41) is 3.95. The first-order chi connectivity index (χ1) is 8.15.